The Balaban J connectivity index is 2.38. The van der Waals surface area contributed by atoms with Gasteiger partial charge >= 0.3 is 0 Å². The van der Waals surface area contributed by atoms with Gasteiger partial charge in [-0.15, -0.1) is 0 Å². The van der Waals surface area contributed by atoms with E-state index >= 15 is 0 Å². The molecule has 0 aliphatic carbocycles. The van der Waals surface area contributed by atoms with E-state index in [2.05, 4.69) is 15.4 Å². The number of rotatable bonds is 5. The molecule has 0 aliphatic heterocycles. The monoisotopic (exact) mass is 258 g/mol. The van der Waals surface area contributed by atoms with E-state index in [9.17, 15) is 0 Å². The number of hydrogen-bond acceptors (Lipinski definition) is 5. The van der Waals surface area contributed by atoms with Crippen molar-refractivity contribution in [2.45, 2.75) is 26.0 Å². The topological polar surface area (TPSA) is 73.1 Å². The molecule has 0 amide bonds. The third kappa shape index (κ3) is 3.27. The van der Waals surface area contributed by atoms with Crippen LogP contribution in [0.5, 0.6) is 5.75 Å². The summed E-state index contributed by atoms with van der Waals surface area (Å²) in [6, 6.07) is 7.61. The van der Waals surface area contributed by atoms with Crippen molar-refractivity contribution in [3.63, 3.8) is 0 Å². The third-order valence-electron chi connectivity index (χ3n) is 2.67. The van der Waals surface area contributed by atoms with Crippen LogP contribution in [0.2, 0.25) is 0 Å². The van der Waals surface area contributed by atoms with E-state index in [1.165, 1.54) is 6.33 Å². The van der Waals surface area contributed by atoms with Gasteiger partial charge in [-0.05, 0) is 19.9 Å². The molecule has 2 rings (SSSR count). The van der Waals surface area contributed by atoms with Gasteiger partial charge in [0, 0.05) is 23.5 Å². The maximum Gasteiger partial charge on any atom is 0.124 e. The molecule has 1 heterocycles. The fraction of sp³-hybridized carbons (Fsp3) is 0.286. The van der Waals surface area contributed by atoms with Gasteiger partial charge in [0.1, 0.15) is 12.1 Å². The zero-order chi connectivity index (χ0) is 13.7. The molecule has 5 nitrogen and oxygen atoms in total. The second kappa shape index (κ2) is 6.26. The fourth-order valence-electron chi connectivity index (χ4n) is 1.91. The fourth-order valence-corrected chi connectivity index (χ4v) is 1.91. The smallest absolute Gasteiger partial charge is 0.124 e. The van der Waals surface area contributed by atoms with Crippen LogP contribution in [0.4, 0.5) is 0 Å². The first-order chi connectivity index (χ1) is 9.22. The number of hydrogen-bond donors (Lipinski definition) is 2. The minimum Gasteiger partial charge on any atom is -0.491 e. The lowest BCUT2D eigenvalue weighted by atomic mass is 10.0. The highest BCUT2D eigenvalue weighted by Gasteiger charge is 2.17. The maximum absolute atomic E-state index is 5.81. The van der Waals surface area contributed by atoms with E-state index < -0.39 is 0 Å². The summed E-state index contributed by atoms with van der Waals surface area (Å²) < 4.78 is 5.81. The highest BCUT2D eigenvalue weighted by Crippen LogP contribution is 2.29. The van der Waals surface area contributed by atoms with Gasteiger partial charge in [-0.3, -0.25) is 5.84 Å². The number of para-hydroxylation sites is 1. The van der Waals surface area contributed by atoms with E-state index in [1.807, 2.05) is 38.1 Å². The summed E-state index contributed by atoms with van der Waals surface area (Å²) in [6.45, 7) is 3.99. The van der Waals surface area contributed by atoms with E-state index in [0.29, 0.717) is 0 Å². The summed E-state index contributed by atoms with van der Waals surface area (Å²) in [5.74, 6) is 6.48. The van der Waals surface area contributed by atoms with Crippen LogP contribution in [-0.4, -0.2) is 16.1 Å². The van der Waals surface area contributed by atoms with Crippen molar-refractivity contribution < 1.29 is 4.74 Å². The minimum absolute atomic E-state index is 0.103. The normalized spacial score (nSPS) is 12.4. The van der Waals surface area contributed by atoms with Gasteiger partial charge in [0.15, 0.2) is 0 Å². The van der Waals surface area contributed by atoms with E-state index in [1.54, 1.807) is 12.4 Å². The van der Waals surface area contributed by atoms with Crippen molar-refractivity contribution in [1.82, 2.24) is 15.4 Å². The molecule has 0 bridgehead atoms. The predicted octanol–water partition coefficient (Wildman–Crippen LogP) is 1.82. The molecule has 1 aromatic heterocycles. The third-order valence-corrected chi connectivity index (χ3v) is 2.67. The molecule has 2 aromatic rings. The van der Waals surface area contributed by atoms with Crippen LogP contribution in [0.3, 0.4) is 0 Å². The average molecular weight is 258 g/mol. The number of ether oxygens (including phenoxy) is 1. The van der Waals surface area contributed by atoms with E-state index in [4.69, 9.17) is 10.6 Å². The van der Waals surface area contributed by atoms with Gasteiger partial charge in [-0.1, -0.05) is 18.2 Å². The average Bonchev–Trinajstić information content (AvgIpc) is 2.42. The molecule has 0 aliphatic rings. The zero-order valence-electron chi connectivity index (χ0n) is 11.1. The molecular formula is C14H18N4O. The highest BCUT2D eigenvalue weighted by molar-refractivity contribution is 5.40. The van der Waals surface area contributed by atoms with E-state index in [0.717, 1.165) is 16.9 Å². The molecule has 5 heteroatoms. The Morgan fingerprint density at radius 2 is 1.84 bits per heavy atom. The molecule has 0 spiro atoms. The summed E-state index contributed by atoms with van der Waals surface area (Å²) in [4.78, 5) is 8.04. The van der Waals surface area contributed by atoms with Gasteiger partial charge in [-0.25, -0.2) is 15.4 Å². The molecule has 0 fully saturated rings. The van der Waals surface area contributed by atoms with Crippen LogP contribution in [0.15, 0.2) is 43.0 Å². The van der Waals surface area contributed by atoms with Gasteiger partial charge < -0.3 is 4.74 Å². The number of nitrogens with two attached hydrogens (primary N) is 1. The van der Waals surface area contributed by atoms with Crippen LogP contribution >= 0.6 is 0 Å². The standard InChI is InChI=1S/C14H18N4O/c1-10(2)19-13-6-4-3-5-12(13)14(18-15)11-7-16-9-17-8-11/h3-10,14,18H,15H2,1-2H3. The Morgan fingerprint density at radius 1 is 1.16 bits per heavy atom. The summed E-state index contributed by atoms with van der Waals surface area (Å²) >= 11 is 0. The first kappa shape index (κ1) is 13.5. The summed E-state index contributed by atoms with van der Waals surface area (Å²) in [5, 5.41) is 0. The van der Waals surface area contributed by atoms with Gasteiger partial charge in [0.05, 0.1) is 12.1 Å². The Morgan fingerprint density at radius 3 is 2.47 bits per heavy atom. The number of nitrogens with one attached hydrogen (secondary N) is 1. The molecule has 0 radical (unpaired) electrons. The van der Waals surface area contributed by atoms with Gasteiger partial charge in [-0.2, -0.15) is 0 Å². The summed E-state index contributed by atoms with van der Waals surface area (Å²) in [5.41, 5.74) is 4.65. The Kier molecular flexibility index (Phi) is 4.43. The molecule has 19 heavy (non-hydrogen) atoms. The second-order valence-corrected chi connectivity index (χ2v) is 4.48. The first-order valence-corrected chi connectivity index (χ1v) is 6.19. The quantitative estimate of drug-likeness (QED) is 0.632. The number of hydrazine groups is 1. The van der Waals surface area contributed by atoms with Gasteiger partial charge in [0.25, 0.3) is 0 Å². The largest absolute Gasteiger partial charge is 0.491 e. The van der Waals surface area contributed by atoms with Crippen molar-refractivity contribution in [2.24, 2.45) is 5.84 Å². The molecule has 0 saturated heterocycles. The second-order valence-electron chi connectivity index (χ2n) is 4.48. The van der Waals surface area contributed by atoms with Crippen molar-refractivity contribution in [2.75, 3.05) is 0 Å². The Labute approximate surface area is 112 Å². The SMILES string of the molecule is CC(C)Oc1ccccc1C(NN)c1cncnc1. The zero-order valence-corrected chi connectivity index (χ0v) is 11.1. The van der Waals surface area contributed by atoms with Crippen molar-refractivity contribution in [3.05, 3.63) is 54.1 Å². The molecule has 1 atom stereocenters. The van der Waals surface area contributed by atoms with Crippen LogP contribution in [-0.2, 0) is 0 Å². The highest BCUT2D eigenvalue weighted by atomic mass is 16.5. The lowest BCUT2D eigenvalue weighted by molar-refractivity contribution is 0.238. The molecular weight excluding hydrogens is 240 g/mol. The molecule has 1 aromatic carbocycles. The molecule has 3 N–H and O–H groups in total. The van der Waals surface area contributed by atoms with E-state index in [-0.39, 0.29) is 12.1 Å². The first-order valence-electron chi connectivity index (χ1n) is 6.19. The molecule has 1 unspecified atom stereocenters. The molecule has 0 saturated carbocycles. The summed E-state index contributed by atoms with van der Waals surface area (Å²) in [6.07, 6.45) is 5.08. The number of nitrogens with zero attached hydrogens (tertiary/aromatic N) is 2. The van der Waals surface area contributed by atoms with Crippen LogP contribution in [0.1, 0.15) is 31.0 Å². The van der Waals surface area contributed by atoms with Crippen molar-refractivity contribution in [3.8, 4) is 5.75 Å². The minimum atomic E-state index is -0.198. The lowest BCUT2D eigenvalue weighted by Gasteiger charge is -2.21. The van der Waals surface area contributed by atoms with Crippen LogP contribution in [0.25, 0.3) is 0 Å². The van der Waals surface area contributed by atoms with Crippen LogP contribution < -0.4 is 16.0 Å². The number of aromatic nitrogens is 2. The Bertz CT molecular complexity index is 516. The molecule has 100 valence electrons. The lowest BCUT2D eigenvalue weighted by Crippen LogP contribution is -2.29. The van der Waals surface area contributed by atoms with Crippen molar-refractivity contribution in [1.29, 1.82) is 0 Å². The van der Waals surface area contributed by atoms with Gasteiger partial charge in [0.2, 0.25) is 0 Å². The predicted molar refractivity (Wildman–Crippen MR) is 73.4 cm³/mol. The maximum atomic E-state index is 5.81. The Hall–Kier alpha value is -1.98. The summed E-state index contributed by atoms with van der Waals surface area (Å²) in [7, 11) is 0. The van der Waals surface area contributed by atoms with Crippen LogP contribution in [0, 0.1) is 0 Å². The van der Waals surface area contributed by atoms with Crippen molar-refractivity contribution >= 4 is 0 Å². The number of benzene rings is 1.